The number of aliphatic hydroxyl groups is 1. The van der Waals surface area contributed by atoms with E-state index in [-0.39, 0.29) is 30.4 Å². The molecule has 234 valence electrons. The quantitative estimate of drug-likeness (QED) is 0.354. The molecular formula is C34H39NO9. The number of likely N-dealkylation sites (tertiary alicyclic amines) is 1. The number of carbonyl (C=O) groups excluding carboxylic acids is 3. The van der Waals surface area contributed by atoms with Gasteiger partial charge in [0.05, 0.1) is 23.4 Å². The van der Waals surface area contributed by atoms with E-state index < -0.39 is 52.7 Å². The van der Waals surface area contributed by atoms with Crippen molar-refractivity contribution in [3.05, 3.63) is 71.0 Å². The summed E-state index contributed by atoms with van der Waals surface area (Å²) in [5.74, 6) is -2.51. The van der Waals surface area contributed by atoms with E-state index in [1.165, 1.54) is 0 Å². The lowest BCUT2D eigenvalue weighted by molar-refractivity contribution is -0.178. The Labute approximate surface area is 256 Å². The molecule has 2 bridgehead atoms. The van der Waals surface area contributed by atoms with Crippen LogP contribution in [0, 0.1) is 5.92 Å². The second-order valence-corrected chi connectivity index (χ2v) is 13.4. The van der Waals surface area contributed by atoms with Crippen molar-refractivity contribution in [1.29, 1.82) is 0 Å². The zero-order chi connectivity index (χ0) is 31.6. The van der Waals surface area contributed by atoms with Crippen LogP contribution in [0.25, 0.3) is 0 Å². The molecule has 0 unspecified atom stereocenters. The topological polar surface area (TPSA) is 132 Å². The summed E-state index contributed by atoms with van der Waals surface area (Å²) < 4.78 is 23.3. The lowest BCUT2D eigenvalue weighted by atomic mass is 9.50. The van der Waals surface area contributed by atoms with Crippen LogP contribution in [0.3, 0.4) is 0 Å². The Hall–Kier alpha value is -3.89. The first-order valence-corrected chi connectivity index (χ1v) is 15.1. The van der Waals surface area contributed by atoms with Crippen LogP contribution in [0.4, 0.5) is 0 Å². The number of aromatic hydroxyl groups is 1. The van der Waals surface area contributed by atoms with Crippen LogP contribution in [-0.2, 0) is 40.4 Å². The number of ether oxygens (including phenoxy) is 4. The summed E-state index contributed by atoms with van der Waals surface area (Å²) in [5, 5.41) is 23.0. The van der Waals surface area contributed by atoms with E-state index in [2.05, 4.69) is 4.90 Å². The molecule has 1 spiro atoms. The molecular weight excluding hydrogens is 566 g/mol. The van der Waals surface area contributed by atoms with Gasteiger partial charge in [0.25, 0.3) is 0 Å². The molecule has 4 aliphatic rings. The van der Waals surface area contributed by atoms with Gasteiger partial charge in [-0.1, -0.05) is 43.3 Å². The van der Waals surface area contributed by atoms with Gasteiger partial charge in [-0.25, -0.2) is 4.79 Å². The number of piperidine rings is 1. The van der Waals surface area contributed by atoms with Gasteiger partial charge in [0.1, 0.15) is 11.4 Å². The Bertz CT molecular complexity index is 1530. The zero-order valence-corrected chi connectivity index (χ0v) is 25.7. The van der Waals surface area contributed by atoms with Gasteiger partial charge < -0.3 is 34.1 Å². The largest absolute Gasteiger partial charge is 0.504 e. The number of phenolic OH excluding ortho intramolecular Hbond substituents is 1. The molecule has 10 nitrogen and oxygen atoms in total. The molecule has 1 saturated heterocycles. The van der Waals surface area contributed by atoms with Crippen LogP contribution in [0.1, 0.15) is 69.8 Å². The molecule has 6 rings (SSSR count). The van der Waals surface area contributed by atoms with Crippen LogP contribution in [-0.4, -0.2) is 70.0 Å². The molecule has 2 aliphatic carbocycles. The Kier molecular flexibility index (Phi) is 7.28. The monoisotopic (exact) mass is 605 g/mol. The second kappa shape index (κ2) is 10.6. The van der Waals surface area contributed by atoms with Gasteiger partial charge in [0.2, 0.25) is 6.10 Å². The Morgan fingerprint density at radius 3 is 2.55 bits per heavy atom. The molecule has 0 saturated carbocycles. The highest BCUT2D eigenvalue weighted by Crippen LogP contribution is 2.65. The third-order valence-corrected chi connectivity index (χ3v) is 9.42. The van der Waals surface area contributed by atoms with Crippen LogP contribution >= 0.6 is 0 Å². The number of esters is 3. The predicted molar refractivity (Wildman–Crippen MR) is 158 cm³/mol. The van der Waals surface area contributed by atoms with E-state index in [4.69, 9.17) is 18.9 Å². The van der Waals surface area contributed by atoms with E-state index in [9.17, 15) is 24.6 Å². The number of hydrogen-bond acceptors (Lipinski definition) is 10. The Morgan fingerprint density at radius 2 is 1.84 bits per heavy atom. The van der Waals surface area contributed by atoms with E-state index in [0.717, 1.165) is 11.1 Å². The van der Waals surface area contributed by atoms with Crippen molar-refractivity contribution in [3.63, 3.8) is 0 Å². The summed E-state index contributed by atoms with van der Waals surface area (Å²) >= 11 is 0. The van der Waals surface area contributed by atoms with E-state index in [1.807, 2.05) is 13.1 Å². The fraction of sp³-hybridized carbons (Fsp3) is 0.500. The van der Waals surface area contributed by atoms with Crippen molar-refractivity contribution in [2.45, 2.75) is 88.2 Å². The minimum absolute atomic E-state index is 0.0213. The third-order valence-electron chi connectivity index (χ3n) is 9.42. The van der Waals surface area contributed by atoms with Gasteiger partial charge in [-0.3, -0.25) is 9.59 Å². The van der Waals surface area contributed by atoms with E-state index in [0.29, 0.717) is 30.7 Å². The Morgan fingerprint density at radius 1 is 1.11 bits per heavy atom. The number of likely N-dealkylation sites (N-methyl/N-ethyl adjacent to an activating group) is 1. The smallest absolute Gasteiger partial charge is 0.352 e. The average molecular weight is 606 g/mol. The summed E-state index contributed by atoms with van der Waals surface area (Å²) in [7, 11) is 2.00. The number of benzene rings is 2. The molecule has 2 aromatic carbocycles. The molecule has 2 heterocycles. The van der Waals surface area contributed by atoms with Crippen LogP contribution in [0.15, 0.2) is 54.3 Å². The van der Waals surface area contributed by atoms with Gasteiger partial charge in [0.15, 0.2) is 17.6 Å². The maximum atomic E-state index is 13.4. The van der Waals surface area contributed by atoms with Crippen molar-refractivity contribution >= 4 is 17.9 Å². The predicted octanol–water partition coefficient (Wildman–Crippen LogP) is 3.87. The minimum atomic E-state index is -1.29. The summed E-state index contributed by atoms with van der Waals surface area (Å²) in [5.41, 5.74) is -0.623. The summed E-state index contributed by atoms with van der Waals surface area (Å²) in [4.78, 5) is 41.5. The molecule has 2 aromatic rings. The highest BCUT2D eigenvalue weighted by Gasteiger charge is 2.72. The SMILES string of the molecule is C[C@@H](CC(=O)O[C@H](C(=O)OC(C)(C)C)c1ccccc1)C(=O)OC1=CC[C@@]2(O)[C@H]3Cc4ccc(O)c5c4[C@@]2(CCN3C)[C@H]1O5. The first-order valence-electron chi connectivity index (χ1n) is 15.1. The summed E-state index contributed by atoms with van der Waals surface area (Å²) in [6.07, 6.45) is 0.647. The minimum Gasteiger partial charge on any atom is -0.504 e. The molecule has 1 fully saturated rings. The third kappa shape index (κ3) is 4.75. The van der Waals surface area contributed by atoms with Crippen molar-refractivity contribution in [3.8, 4) is 11.5 Å². The highest BCUT2D eigenvalue weighted by molar-refractivity contribution is 5.84. The number of carbonyl (C=O) groups is 3. The van der Waals surface area contributed by atoms with Gasteiger partial charge in [-0.05, 0) is 64.9 Å². The van der Waals surface area contributed by atoms with Crippen molar-refractivity contribution < 1.29 is 43.5 Å². The molecule has 0 aromatic heterocycles. The van der Waals surface area contributed by atoms with Gasteiger partial charge in [0, 0.05) is 23.6 Å². The fourth-order valence-electron chi connectivity index (χ4n) is 7.40. The molecule has 2 aliphatic heterocycles. The standard InChI is InChI=1S/C34H39NO9/c1-19(17-25(37)42-27(20-9-7-6-8-10-20)31(39)44-32(2,3)4)30(38)41-23-13-14-34(40)24-18-21-11-12-22(36)28-26(21)33(34,29(23)43-28)15-16-35(24)5/h6-13,19,24,27,29,36,40H,14-18H2,1-5H3/t19-,24+,27-,29-,33-,34+/m0/s1. The van der Waals surface area contributed by atoms with Crippen LogP contribution in [0.2, 0.25) is 0 Å². The second-order valence-electron chi connectivity index (χ2n) is 13.4. The summed E-state index contributed by atoms with van der Waals surface area (Å²) in [6, 6.07) is 11.9. The average Bonchev–Trinajstić information content (AvgIpc) is 3.32. The van der Waals surface area contributed by atoms with Gasteiger partial charge in [-0.15, -0.1) is 0 Å². The lowest BCUT2D eigenvalue weighted by Crippen LogP contribution is -2.74. The van der Waals surface area contributed by atoms with Crippen LogP contribution in [0.5, 0.6) is 11.5 Å². The lowest BCUT2D eigenvalue weighted by Gasteiger charge is -2.61. The molecule has 2 N–H and O–H groups in total. The zero-order valence-electron chi connectivity index (χ0n) is 25.7. The highest BCUT2D eigenvalue weighted by atomic mass is 16.6. The van der Waals surface area contributed by atoms with Gasteiger partial charge >= 0.3 is 17.9 Å². The first kappa shape index (κ1) is 30.1. The molecule has 0 radical (unpaired) electrons. The molecule has 10 heteroatoms. The molecule has 6 atom stereocenters. The van der Waals surface area contributed by atoms with Crippen LogP contribution < -0.4 is 4.74 Å². The molecule has 0 amide bonds. The number of hydrogen-bond donors (Lipinski definition) is 2. The Balaban J connectivity index is 1.19. The summed E-state index contributed by atoms with van der Waals surface area (Å²) in [6.45, 7) is 7.42. The van der Waals surface area contributed by atoms with Crippen molar-refractivity contribution in [2.24, 2.45) is 5.92 Å². The maximum absolute atomic E-state index is 13.4. The maximum Gasteiger partial charge on any atom is 0.352 e. The van der Waals surface area contributed by atoms with Crippen molar-refractivity contribution in [2.75, 3.05) is 13.6 Å². The fourth-order valence-corrected chi connectivity index (χ4v) is 7.40. The van der Waals surface area contributed by atoms with Crippen molar-refractivity contribution in [1.82, 2.24) is 4.90 Å². The first-order chi connectivity index (χ1) is 20.7. The van der Waals surface area contributed by atoms with E-state index in [1.54, 1.807) is 70.2 Å². The van der Waals surface area contributed by atoms with E-state index >= 15 is 0 Å². The molecule has 44 heavy (non-hydrogen) atoms. The van der Waals surface area contributed by atoms with Gasteiger partial charge in [-0.2, -0.15) is 0 Å². The number of nitrogens with zero attached hydrogens (tertiary/aromatic N) is 1. The number of rotatable bonds is 7. The normalized spacial score (nSPS) is 28.1. The number of phenols is 1.